The minimum Gasteiger partial charge on any atom is -0.494 e. The summed E-state index contributed by atoms with van der Waals surface area (Å²) in [5.74, 6) is 0.724. The van der Waals surface area contributed by atoms with Crippen molar-refractivity contribution in [3.8, 4) is 11.8 Å². The summed E-state index contributed by atoms with van der Waals surface area (Å²) in [6, 6.07) is 10.9. The fourth-order valence-corrected chi connectivity index (χ4v) is 4.50. The lowest BCUT2D eigenvalue weighted by atomic mass is 10.1. The topological polar surface area (TPSA) is 81.5 Å². The van der Waals surface area contributed by atoms with Crippen LogP contribution in [0.15, 0.2) is 36.5 Å². The van der Waals surface area contributed by atoms with Gasteiger partial charge in [0, 0.05) is 37.4 Å². The summed E-state index contributed by atoms with van der Waals surface area (Å²) >= 11 is 0. The van der Waals surface area contributed by atoms with Crippen molar-refractivity contribution in [1.82, 2.24) is 15.2 Å². The first kappa shape index (κ1) is 21.1. The maximum absolute atomic E-state index is 13.6. The number of ether oxygens (including phenoxy) is 1. The fourth-order valence-electron chi connectivity index (χ4n) is 4.50. The number of halogens is 1. The summed E-state index contributed by atoms with van der Waals surface area (Å²) in [7, 11) is 1.44. The van der Waals surface area contributed by atoms with E-state index in [1.165, 1.54) is 13.2 Å². The third kappa shape index (κ3) is 4.32. The maximum Gasteiger partial charge on any atom is 0.236 e. The second-order valence-electron chi connectivity index (χ2n) is 8.10. The van der Waals surface area contributed by atoms with Crippen LogP contribution in [-0.4, -0.2) is 54.6 Å². The van der Waals surface area contributed by atoms with Gasteiger partial charge in [-0.3, -0.25) is 4.79 Å². The fraction of sp³-hybridized carbons (Fsp3) is 0.435. The van der Waals surface area contributed by atoms with Crippen molar-refractivity contribution in [2.24, 2.45) is 0 Å². The van der Waals surface area contributed by atoms with Crippen LogP contribution in [0, 0.1) is 17.1 Å². The minimum atomic E-state index is -0.403. The Morgan fingerprint density at radius 2 is 2.06 bits per heavy atom. The number of nitrogens with one attached hydrogen (secondary N) is 1. The molecule has 2 fully saturated rings. The molecule has 31 heavy (non-hydrogen) atoms. The zero-order chi connectivity index (χ0) is 22.0. The maximum atomic E-state index is 13.6. The van der Waals surface area contributed by atoms with Crippen molar-refractivity contribution < 1.29 is 13.9 Å². The van der Waals surface area contributed by atoms with Crippen molar-refractivity contribution >= 4 is 11.7 Å². The van der Waals surface area contributed by atoms with Gasteiger partial charge in [-0.05, 0) is 49.6 Å². The molecule has 0 spiro atoms. The number of fused-ring (bicyclic) bond motifs is 2. The molecule has 1 aromatic carbocycles. The molecule has 2 aliphatic heterocycles. The number of nitriles is 1. The number of amides is 1. The van der Waals surface area contributed by atoms with E-state index in [0.717, 1.165) is 24.2 Å². The van der Waals surface area contributed by atoms with E-state index in [1.54, 1.807) is 24.4 Å². The number of aromatic nitrogens is 1. The summed E-state index contributed by atoms with van der Waals surface area (Å²) in [4.78, 5) is 21.5. The molecule has 7 nitrogen and oxygen atoms in total. The van der Waals surface area contributed by atoms with Gasteiger partial charge in [0.25, 0.3) is 0 Å². The van der Waals surface area contributed by atoms with Gasteiger partial charge in [0.15, 0.2) is 11.6 Å². The minimum absolute atomic E-state index is 0.0604. The third-order valence-electron chi connectivity index (χ3n) is 6.21. The lowest BCUT2D eigenvalue weighted by Gasteiger charge is -2.42. The zero-order valence-electron chi connectivity index (χ0n) is 17.7. The summed E-state index contributed by atoms with van der Waals surface area (Å²) in [6.07, 6.45) is 3.65. The number of carbonyl (C=O) groups excluding carboxylic acids is 1. The van der Waals surface area contributed by atoms with Crippen molar-refractivity contribution in [3.05, 3.63) is 53.5 Å². The molecule has 2 bridgehead atoms. The van der Waals surface area contributed by atoms with Crippen LogP contribution < -0.4 is 15.0 Å². The van der Waals surface area contributed by atoms with Crippen LogP contribution in [0.2, 0.25) is 0 Å². The van der Waals surface area contributed by atoms with Crippen molar-refractivity contribution in [2.75, 3.05) is 31.6 Å². The molecule has 1 N–H and O–H groups in total. The molecule has 162 valence electrons. The number of benzene rings is 1. The van der Waals surface area contributed by atoms with E-state index in [0.29, 0.717) is 18.7 Å². The average Bonchev–Trinajstić information content (AvgIpc) is 3.06. The van der Waals surface area contributed by atoms with E-state index in [9.17, 15) is 9.18 Å². The summed E-state index contributed by atoms with van der Waals surface area (Å²) in [6.45, 7) is 3.49. The lowest BCUT2D eigenvalue weighted by Crippen LogP contribution is -2.57. The van der Waals surface area contributed by atoms with Gasteiger partial charge in [0.1, 0.15) is 11.9 Å². The Morgan fingerprint density at radius 1 is 1.32 bits per heavy atom. The van der Waals surface area contributed by atoms with Crippen LogP contribution >= 0.6 is 0 Å². The highest BCUT2D eigenvalue weighted by atomic mass is 19.1. The first-order valence-electron chi connectivity index (χ1n) is 10.5. The average molecular weight is 423 g/mol. The molecular formula is C23H26FN5O2. The number of rotatable bonds is 6. The molecule has 4 rings (SSSR count). The second-order valence-corrected chi connectivity index (χ2v) is 8.10. The van der Waals surface area contributed by atoms with Crippen LogP contribution in [0.1, 0.15) is 36.9 Å². The van der Waals surface area contributed by atoms with Gasteiger partial charge in [-0.15, -0.1) is 0 Å². The van der Waals surface area contributed by atoms with Crippen LogP contribution in [0.3, 0.4) is 0 Å². The highest BCUT2D eigenvalue weighted by Crippen LogP contribution is 2.34. The van der Waals surface area contributed by atoms with E-state index in [-0.39, 0.29) is 36.3 Å². The largest absolute Gasteiger partial charge is 0.494 e. The molecule has 8 heteroatoms. The molecule has 2 aliphatic rings. The Kier molecular flexibility index (Phi) is 6.05. The Labute approximate surface area is 181 Å². The number of piperazine rings is 1. The predicted octanol–water partition coefficient (Wildman–Crippen LogP) is 2.63. The van der Waals surface area contributed by atoms with E-state index >= 15 is 0 Å². The number of anilines is 1. The molecule has 2 saturated heterocycles. The Bertz CT molecular complexity index is 976. The molecule has 1 aromatic heterocycles. The van der Waals surface area contributed by atoms with Crippen LogP contribution in [0.4, 0.5) is 10.2 Å². The third-order valence-corrected chi connectivity index (χ3v) is 6.21. The van der Waals surface area contributed by atoms with Crippen molar-refractivity contribution in [3.63, 3.8) is 0 Å². The predicted molar refractivity (Wildman–Crippen MR) is 114 cm³/mol. The first-order valence-corrected chi connectivity index (χ1v) is 10.5. The molecule has 2 aromatic rings. The number of hydrogen-bond acceptors (Lipinski definition) is 6. The van der Waals surface area contributed by atoms with E-state index in [2.05, 4.69) is 21.3 Å². The number of pyridine rings is 1. The molecule has 0 aliphatic carbocycles. The normalized spacial score (nSPS) is 21.0. The van der Waals surface area contributed by atoms with Crippen molar-refractivity contribution in [2.45, 2.75) is 37.9 Å². The smallest absolute Gasteiger partial charge is 0.236 e. The van der Waals surface area contributed by atoms with Gasteiger partial charge in [0.2, 0.25) is 5.91 Å². The summed E-state index contributed by atoms with van der Waals surface area (Å²) in [5, 5.41) is 12.2. The molecular weight excluding hydrogens is 397 g/mol. The molecule has 0 radical (unpaired) electrons. The number of carbonyl (C=O) groups is 1. The van der Waals surface area contributed by atoms with Gasteiger partial charge < -0.3 is 19.9 Å². The molecule has 3 unspecified atom stereocenters. The SMILES string of the molecule is COc1cc(C(C)NCC(=O)N2CC3CCC(C2)N3c2ccc(C#N)cn2)ccc1F. The standard InChI is InChI=1S/C23H26FN5O2/c1-15(17-4-7-20(24)21(9-17)31-2)26-12-23(30)28-13-18-5-6-19(14-28)29(18)22-8-3-16(10-25)11-27-22/h3-4,7-9,11,15,18-19,26H,5-6,12-14H2,1-2H3. The highest BCUT2D eigenvalue weighted by molar-refractivity contribution is 5.79. The summed E-state index contributed by atoms with van der Waals surface area (Å²) < 4.78 is 18.7. The summed E-state index contributed by atoms with van der Waals surface area (Å²) in [5.41, 5.74) is 1.41. The molecule has 3 heterocycles. The van der Waals surface area contributed by atoms with Crippen LogP contribution in [0.5, 0.6) is 5.75 Å². The second kappa shape index (κ2) is 8.90. The van der Waals surface area contributed by atoms with E-state index < -0.39 is 5.82 Å². The van der Waals surface area contributed by atoms with Gasteiger partial charge in [-0.2, -0.15) is 5.26 Å². The number of methoxy groups -OCH3 is 1. The molecule has 1 amide bonds. The van der Waals surface area contributed by atoms with Gasteiger partial charge >= 0.3 is 0 Å². The van der Waals surface area contributed by atoms with Gasteiger partial charge in [-0.1, -0.05) is 6.07 Å². The lowest BCUT2D eigenvalue weighted by molar-refractivity contribution is -0.131. The Balaban J connectivity index is 1.35. The molecule has 3 atom stereocenters. The van der Waals surface area contributed by atoms with Crippen LogP contribution in [-0.2, 0) is 4.79 Å². The van der Waals surface area contributed by atoms with Crippen LogP contribution in [0.25, 0.3) is 0 Å². The van der Waals surface area contributed by atoms with Crippen molar-refractivity contribution in [1.29, 1.82) is 5.26 Å². The number of hydrogen-bond donors (Lipinski definition) is 1. The monoisotopic (exact) mass is 423 g/mol. The molecule has 0 saturated carbocycles. The van der Waals surface area contributed by atoms with Gasteiger partial charge in [0.05, 0.1) is 19.2 Å². The Morgan fingerprint density at radius 3 is 2.68 bits per heavy atom. The van der Waals surface area contributed by atoms with E-state index in [4.69, 9.17) is 10.00 Å². The quantitative estimate of drug-likeness (QED) is 0.769. The first-order chi connectivity index (χ1) is 15.0. The number of likely N-dealkylation sites (tertiary alicyclic amines) is 1. The highest BCUT2D eigenvalue weighted by Gasteiger charge is 2.41. The van der Waals surface area contributed by atoms with Gasteiger partial charge in [-0.25, -0.2) is 9.37 Å². The number of nitrogens with zero attached hydrogens (tertiary/aromatic N) is 4. The Hall–Kier alpha value is -3.18. The zero-order valence-corrected chi connectivity index (χ0v) is 17.7. The van der Waals surface area contributed by atoms with E-state index in [1.807, 2.05) is 17.9 Å².